The van der Waals surface area contributed by atoms with E-state index in [0.29, 0.717) is 0 Å². The molecule has 0 bridgehead atoms. The molecule has 1 fully saturated rings. The van der Waals surface area contributed by atoms with Crippen molar-refractivity contribution in [3.8, 4) is 0 Å². The average molecular weight is 276 g/mol. The van der Waals surface area contributed by atoms with Gasteiger partial charge in [0.1, 0.15) is 6.04 Å². The van der Waals surface area contributed by atoms with E-state index in [0.717, 1.165) is 18.4 Å². The van der Waals surface area contributed by atoms with Gasteiger partial charge in [0, 0.05) is 6.04 Å². The van der Waals surface area contributed by atoms with E-state index in [1.807, 2.05) is 30.3 Å². The second-order valence-corrected chi connectivity index (χ2v) is 5.39. The largest absolute Gasteiger partial charge is 0.480 e. The summed E-state index contributed by atoms with van der Waals surface area (Å²) in [6.45, 7) is 1.72. The van der Waals surface area contributed by atoms with Crippen LogP contribution in [0, 0.1) is 11.8 Å². The second-order valence-electron chi connectivity index (χ2n) is 5.39. The predicted molar refractivity (Wildman–Crippen MR) is 74.8 cm³/mol. The van der Waals surface area contributed by atoms with Crippen LogP contribution in [0.15, 0.2) is 30.3 Å². The van der Waals surface area contributed by atoms with Gasteiger partial charge in [0.15, 0.2) is 0 Å². The number of amides is 1. The minimum atomic E-state index is -0.971. The Labute approximate surface area is 118 Å². The molecule has 0 radical (unpaired) electrons. The molecule has 108 valence electrons. The van der Waals surface area contributed by atoms with Crippen molar-refractivity contribution in [1.29, 1.82) is 0 Å². The topological polar surface area (TPSA) is 92.4 Å². The number of carboxylic acid groups (broad SMARTS) is 1. The van der Waals surface area contributed by atoms with Gasteiger partial charge in [-0.2, -0.15) is 0 Å². The molecule has 1 amide bonds. The number of nitrogens with one attached hydrogen (secondary N) is 1. The first-order valence-electron chi connectivity index (χ1n) is 6.84. The van der Waals surface area contributed by atoms with Crippen molar-refractivity contribution in [2.45, 2.75) is 31.8 Å². The van der Waals surface area contributed by atoms with Crippen molar-refractivity contribution >= 4 is 11.9 Å². The number of aliphatic carboxylic acids is 1. The molecule has 0 spiro atoms. The minimum absolute atomic E-state index is 0.0663. The quantitative estimate of drug-likeness (QED) is 0.730. The van der Waals surface area contributed by atoms with E-state index < -0.39 is 24.0 Å². The maximum atomic E-state index is 12.2. The first-order chi connectivity index (χ1) is 9.50. The average Bonchev–Trinajstić information content (AvgIpc) is 3.28. The van der Waals surface area contributed by atoms with E-state index in [2.05, 4.69) is 5.32 Å². The van der Waals surface area contributed by atoms with Gasteiger partial charge < -0.3 is 16.2 Å². The zero-order valence-corrected chi connectivity index (χ0v) is 11.5. The summed E-state index contributed by atoms with van der Waals surface area (Å²) < 4.78 is 0. The van der Waals surface area contributed by atoms with Crippen molar-refractivity contribution in [3.05, 3.63) is 35.9 Å². The molecule has 5 nitrogen and oxygen atoms in total. The van der Waals surface area contributed by atoms with Gasteiger partial charge in [-0.15, -0.1) is 0 Å². The van der Waals surface area contributed by atoms with Crippen molar-refractivity contribution < 1.29 is 14.7 Å². The molecule has 1 aliphatic carbocycles. The fraction of sp³-hybridized carbons (Fsp3) is 0.467. The molecule has 0 aromatic heterocycles. The molecule has 2 rings (SSSR count). The second kappa shape index (κ2) is 6.05. The monoisotopic (exact) mass is 276 g/mol. The number of carbonyl (C=O) groups excluding carboxylic acids is 1. The summed E-state index contributed by atoms with van der Waals surface area (Å²) in [6, 6.07) is 8.12. The summed E-state index contributed by atoms with van der Waals surface area (Å²) in [5, 5.41) is 11.7. The lowest BCUT2D eigenvalue weighted by atomic mass is 9.94. The van der Waals surface area contributed by atoms with Crippen LogP contribution in [0.1, 0.15) is 31.4 Å². The Morgan fingerprint density at radius 3 is 2.40 bits per heavy atom. The smallest absolute Gasteiger partial charge is 0.326 e. The van der Waals surface area contributed by atoms with Gasteiger partial charge in [0.05, 0.1) is 5.92 Å². The van der Waals surface area contributed by atoms with Crippen LogP contribution < -0.4 is 11.1 Å². The zero-order chi connectivity index (χ0) is 14.7. The molecular formula is C15H20N2O3. The minimum Gasteiger partial charge on any atom is -0.480 e. The Hall–Kier alpha value is -1.88. The fourth-order valence-corrected chi connectivity index (χ4v) is 2.22. The van der Waals surface area contributed by atoms with Crippen molar-refractivity contribution in [1.82, 2.24) is 5.32 Å². The number of benzene rings is 1. The highest BCUT2D eigenvalue weighted by Gasteiger charge is 2.38. The van der Waals surface area contributed by atoms with Crippen LogP contribution in [0.5, 0.6) is 0 Å². The van der Waals surface area contributed by atoms with Crippen LogP contribution in [0.25, 0.3) is 0 Å². The summed E-state index contributed by atoms with van der Waals surface area (Å²) in [4.78, 5) is 23.3. The van der Waals surface area contributed by atoms with E-state index in [4.69, 9.17) is 10.8 Å². The lowest BCUT2D eigenvalue weighted by Gasteiger charge is -2.22. The first kappa shape index (κ1) is 14.5. The molecule has 1 saturated carbocycles. The number of rotatable bonds is 6. The summed E-state index contributed by atoms with van der Waals surface area (Å²) in [7, 11) is 0. The van der Waals surface area contributed by atoms with Crippen molar-refractivity contribution in [2.75, 3.05) is 0 Å². The number of hydrogen-bond acceptors (Lipinski definition) is 3. The van der Waals surface area contributed by atoms with Gasteiger partial charge in [0.2, 0.25) is 5.91 Å². The van der Waals surface area contributed by atoms with Crippen LogP contribution in [0.3, 0.4) is 0 Å². The molecule has 1 aromatic rings. The summed E-state index contributed by atoms with van der Waals surface area (Å²) in [5.74, 6) is -1.68. The maximum Gasteiger partial charge on any atom is 0.326 e. The third kappa shape index (κ3) is 3.36. The predicted octanol–water partition coefficient (Wildman–Crippen LogP) is 1.30. The van der Waals surface area contributed by atoms with E-state index in [9.17, 15) is 9.59 Å². The van der Waals surface area contributed by atoms with Gasteiger partial charge in [0.25, 0.3) is 0 Å². The van der Waals surface area contributed by atoms with Gasteiger partial charge in [-0.3, -0.25) is 4.79 Å². The highest BCUT2D eigenvalue weighted by atomic mass is 16.4. The van der Waals surface area contributed by atoms with Gasteiger partial charge in [-0.05, 0) is 24.3 Å². The lowest BCUT2D eigenvalue weighted by Crippen LogP contribution is -2.46. The van der Waals surface area contributed by atoms with Crippen molar-refractivity contribution in [3.63, 3.8) is 0 Å². The van der Waals surface area contributed by atoms with Crippen molar-refractivity contribution in [2.24, 2.45) is 17.6 Å². The molecule has 0 saturated heterocycles. The Balaban J connectivity index is 1.99. The molecule has 3 atom stereocenters. The van der Waals surface area contributed by atoms with E-state index in [1.54, 1.807) is 6.92 Å². The Morgan fingerprint density at radius 2 is 1.90 bits per heavy atom. The van der Waals surface area contributed by atoms with Crippen LogP contribution in [0.4, 0.5) is 0 Å². The normalized spacial score (nSPS) is 18.9. The molecule has 1 aliphatic rings. The Morgan fingerprint density at radius 1 is 1.30 bits per heavy atom. The molecule has 3 unspecified atom stereocenters. The SMILES string of the molecule is CC(C(=O)NC(C(=O)O)C1CC1)C(N)c1ccccc1. The fourth-order valence-electron chi connectivity index (χ4n) is 2.22. The summed E-state index contributed by atoms with van der Waals surface area (Å²) in [6.07, 6.45) is 1.72. The Kier molecular flexibility index (Phi) is 4.39. The van der Waals surface area contributed by atoms with E-state index >= 15 is 0 Å². The maximum absolute atomic E-state index is 12.2. The van der Waals surface area contributed by atoms with E-state index in [-0.39, 0.29) is 11.8 Å². The highest BCUT2D eigenvalue weighted by Crippen LogP contribution is 2.33. The third-order valence-corrected chi connectivity index (χ3v) is 3.79. The highest BCUT2D eigenvalue weighted by molar-refractivity contribution is 5.85. The van der Waals surface area contributed by atoms with Crippen LogP contribution >= 0.6 is 0 Å². The third-order valence-electron chi connectivity index (χ3n) is 3.79. The van der Waals surface area contributed by atoms with E-state index in [1.165, 1.54) is 0 Å². The number of carboxylic acids is 1. The van der Waals surface area contributed by atoms with Gasteiger partial charge in [-0.1, -0.05) is 37.3 Å². The Bertz CT molecular complexity index is 485. The molecule has 0 aliphatic heterocycles. The molecular weight excluding hydrogens is 256 g/mol. The van der Waals surface area contributed by atoms with Crippen LogP contribution in [0.2, 0.25) is 0 Å². The standard InChI is InChI=1S/C15H20N2O3/c1-9(12(16)10-5-3-2-4-6-10)14(18)17-13(15(19)20)11-7-8-11/h2-6,9,11-13H,7-8,16H2,1H3,(H,17,18)(H,19,20). The number of carbonyl (C=O) groups is 2. The zero-order valence-electron chi connectivity index (χ0n) is 11.5. The molecule has 0 heterocycles. The van der Waals surface area contributed by atoms with Crippen LogP contribution in [-0.2, 0) is 9.59 Å². The molecule has 20 heavy (non-hydrogen) atoms. The van der Waals surface area contributed by atoms with Gasteiger partial charge >= 0.3 is 5.97 Å². The number of nitrogens with two attached hydrogens (primary N) is 1. The molecule has 1 aromatic carbocycles. The molecule has 5 heteroatoms. The van der Waals surface area contributed by atoms with Crippen LogP contribution in [-0.4, -0.2) is 23.0 Å². The summed E-state index contributed by atoms with van der Waals surface area (Å²) in [5.41, 5.74) is 6.94. The lowest BCUT2D eigenvalue weighted by molar-refractivity contribution is -0.143. The number of hydrogen-bond donors (Lipinski definition) is 3. The first-order valence-corrected chi connectivity index (χ1v) is 6.84. The molecule has 4 N–H and O–H groups in total. The summed E-state index contributed by atoms with van der Waals surface area (Å²) >= 11 is 0. The van der Waals surface area contributed by atoms with Gasteiger partial charge in [-0.25, -0.2) is 4.79 Å².